The third-order valence-corrected chi connectivity index (χ3v) is 5.40. The van der Waals surface area contributed by atoms with E-state index in [1.165, 1.54) is 29.5 Å². The number of benzene rings is 2. The first-order chi connectivity index (χ1) is 11.3. The van der Waals surface area contributed by atoms with Crippen LogP contribution in [0.3, 0.4) is 0 Å². The Morgan fingerprint density at radius 3 is 2.52 bits per heavy atom. The van der Waals surface area contributed by atoms with Crippen LogP contribution in [-0.4, -0.2) is 15.2 Å². The van der Waals surface area contributed by atoms with Gasteiger partial charge in [-0.25, -0.2) is 4.98 Å². The summed E-state index contributed by atoms with van der Waals surface area (Å²) in [5, 5.41) is 8.58. The molecule has 2 aromatic carbocycles. The average Bonchev–Trinajstić information content (AvgIpc) is 3.34. The maximum atomic E-state index is 4.69. The van der Waals surface area contributed by atoms with Gasteiger partial charge in [0, 0.05) is 5.92 Å². The molecule has 1 N–H and O–H groups in total. The van der Waals surface area contributed by atoms with Crippen LogP contribution in [0.1, 0.15) is 46.5 Å². The van der Waals surface area contributed by atoms with E-state index in [4.69, 9.17) is 0 Å². The predicted octanol–water partition coefficient (Wildman–Crippen LogP) is 4.87. The van der Waals surface area contributed by atoms with Crippen molar-refractivity contribution in [2.24, 2.45) is 0 Å². The van der Waals surface area contributed by atoms with Crippen molar-refractivity contribution in [2.75, 3.05) is 0 Å². The van der Waals surface area contributed by atoms with Gasteiger partial charge in [0.2, 0.25) is 5.16 Å². The zero-order valence-corrected chi connectivity index (χ0v) is 13.9. The molecule has 1 heterocycles. The topological polar surface area (TPSA) is 41.6 Å². The number of aromatic nitrogens is 3. The van der Waals surface area contributed by atoms with Gasteiger partial charge in [0.1, 0.15) is 5.82 Å². The van der Waals surface area contributed by atoms with E-state index in [0.29, 0.717) is 5.92 Å². The lowest BCUT2D eigenvalue weighted by molar-refractivity contribution is 0.931. The van der Waals surface area contributed by atoms with Crippen molar-refractivity contribution < 1.29 is 0 Å². The molecule has 1 aliphatic rings. The first kappa shape index (κ1) is 14.5. The smallest absolute Gasteiger partial charge is 0.209 e. The van der Waals surface area contributed by atoms with Gasteiger partial charge in [-0.15, -0.1) is 5.10 Å². The van der Waals surface area contributed by atoms with E-state index in [2.05, 4.69) is 76.7 Å². The van der Waals surface area contributed by atoms with Crippen LogP contribution in [0.15, 0.2) is 59.8 Å². The quantitative estimate of drug-likeness (QED) is 0.681. The van der Waals surface area contributed by atoms with Gasteiger partial charge in [-0.3, -0.25) is 5.10 Å². The highest BCUT2D eigenvalue weighted by molar-refractivity contribution is 7.99. The number of H-pyrrole nitrogens is 1. The molecule has 0 radical (unpaired) electrons. The van der Waals surface area contributed by atoms with Gasteiger partial charge in [0.25, 0.3) is 0 Å². The van der Waals surface area contributed by atoms with Crippen LogP contribution in [0.25, 0.3) is 0 Å². The molecule has 0 aliphatic heterocycles. The van der Waals surface area contributed by atoms with Crippen LogP contribution in [0.5, 0.6) is 0 Å². The van der Waals surface area contributed by atoms with Crippen molar-refractivity contribution in [3.8, 4) is 0 Å². The summed E-state index contributed by atoms with van der Waals surface area (Å²) < 4.78 is 0. The second kappa shape index (κ2) is 6.20. The Labute approximate surface area is 140 Å². The summed E-state index contributed by atoms with van der Waals surface area (Å²) in [6.45, 7) is 2.17. The molecular formula is C19H19N3S. The Morgan fingerprint density at radius 1 is 1.04 bits per heavy atom. The molecule has 0 amide bonds. The molecule has 0 spiro atoms. The van der Waals surface area contributed by atoms with Crippen LogP contribution in [-0.2, 0) is 0 Å². The number of aromatic amines is 1. The Balaban J connectivity index is 1.68. The van der Waals surface area contributed by atoms with E-state index in [0.717, 1.165) is 11.0 Å². The van der Waals surface area contributed by atoms with Gasteiger partial charge in [-0.05, 0) is 36.5 Å². The second-order valence-corrected chi connectivity index (χ2v) is 7.11. The molecule has 1 aliphatic carbocycles. The van der Waals surface area contributed by atoms with Crippen LogP contribution in [0.4, 0.5) is 0 Å². The lowest BCUT2D eigenvalue weighted by Gasteiger charge is -2.18. The van der Waals surface area contributed by atoms with E-state index in [1.54, 1.807) is 11.8 Å². The SMILES string of the molecule is Cc1ccccc1[C@@H](Sc1n[nH]c(C2CC2)n1)c1ccccc1. The third-order valence-electron chi connectivity index (χ3n) is 4.24. The molecule has 1 saturated carbocycles. The lowest BCUT2D eigenvalue weighted by atomic mass is 10.0. The summed E-state index contributed by atoms with van der Waals surface area (Å²) in [7, 11) is 0. The van der Waals surface area contributed by atoms with Gasteiger partial charge < -0.3 is 0 Å². The highest BCUT2D eigenvalue weighted by Crippen LogP contribution is 2.42. The maximum Gasteiger partial charge on any atom is 0.209 e. The summed E-state index contributed by atoms with van der Waals surface area (Å²) in [5.41, 5.74) is 3.90. The lowest BCUT2D eigenvalue weighted by Crippen LogP contribution is -2.00. The molecule has 4 rings (SSSR count). The molecule has 4 heteroatoms. The fourth-order valence-electron chi connectivity index (χ4n) is 2.78. The van der Waals surface area contributed by atoms with Gasteiger partial charge >= 0.3 is 0 Å². The third kappa shape index (κ3) is 3.17. The number of hydrogen-bond acceptors (Lipinski definition) is 3. The minimum absolute atomic E-state index is 0.209. The van der Waals surface area contributed by atoms with E-state index in [9.17, 15) is 0 Å². The number of rotatable bonds is 5. The summed E-state index contributed by atoms with van der Waals surface area (Å²) >= 11 is 1.72. The summed E-state index contributed by atoms with van der Waals surface area (Å²) in [6, 6.07) is 19.2. The van der Waals surface area contributed by atoms with Crippen LogP contribution >= 0.6 is 11.8 Å². The minimum atomic E-state index is 0.209. The first-order valence-corrected chi connectivity index (χ1v) is 8.88. The number of nitrogens with zero attached hydrogens (tertiary/aromatic N) is 2. The fraction of sp³-hybridized carbons (Fsp3) is 0.263. The van der Waals surface area contributed by atoms with Crippen molar-refractivity contribution in [3.05, 3.63) is 77.1 Å². The molecule has 23 heavy (non-hydrogen) atoms. The van der Waals surface area contributed by atoms with Gasteiger partial charge in [-0.1, -0.05) is 66.4 Å². The van der Waals surface area contributed by atoms with Crippen molar-refractivity contribution >= 4 is 11.8 Å². The summed E-state index contributed by atoms with van der Waals surface area (Å²) in [4.78, 5) is 4.69. The average molecular weight is 321 g/mol. The number of aryl methyl sites for hydroxylation is 1. The monoisotopic (exact) mass is 321 g/mol. The Morgan fingerprint density at radius 2 is 1.78 bits per heavy atom. The van der Waals surface area contributed by atoms with E-state index < -0.39 is 0 Å². The van der Waals surface area contributed by atoms with Gasteiger partial charge in [0.15, 0.2) is 0 Å². The molecule has 0 bridgehead atoms. The largest absolute Gasteiger partial charge is 0.262 e. The van der Waals surface area contributed by atoms with E-state index >= 15 is 0 Å². The van der Waals surface area contributed by atoms with Gasteiger partial charge in [-0.2, -0.15) is 0 Å². The maximum absolute atomic E-state index is 4.69. The predicted molar refractivity (Wildman–Crippen MR) is 93.7 cm³/mol. The molecule has 1 aromatic heterocycles. The Bertz CT molecular complexity index is 793. The molecule has 3 aromatic rings. The number of thioether (sulfide) groups is 1. The Hall–Kier alpha value is -2.07. The second-order valence-electron chi connectivity index (χ2n) is 6.04. The standard InChI is InChI=1S/C19H19N3S/c1-13-7-5-6-10-16(13)17(14-8-3-2-4-9-14)23-19-20-18(21-22-19)15-11-12-15/h2-10,15,17H,11-12H2,1H3,(H,20,21,22)/t17-/m0/s1. The van der Waals surface area contributed by atoms with Crippen LogP contribution in [0, 0.1) is 6.92 Å². The van der Waals surface area contributed by atoms with E-state index in [1.807, 2.05) is 0 Å². The first-order valence-electron chi connectivity index (χ1n) is 8.00. The van der Waals surface area contributed by atoms with E-state index in [-0.39, 0.29) is 5.25 Å². The van der Waals surface area contributed by atoms with Crippen LogP contribution in [0.2, 0.25) is 0 Å². The molecular weight excluding hydrogens is 302 g/mol. The van der Waals surface area contributed by atoms with Crippen molar-refractivity contribution in [1.82, 2.24) is 15.2 Å². The molecule has 1 atom stereocenters. The summed E-state index contributed by atoms with van der Waals surface area (Å²) in [5.74, 6) is 1.65. The highest BCUT2D eigenvalue weighted by atomic mass is 32.2. The Kier molecular flexibility index (Phi) is 3.92. The van der Waals surface area contributed by atoms with Crippen molar-refractivity contribution in [2.45, 2.75) is 36.1 Å². The molecule has 0 unspecified atom stereocenters. The summed E-state index contributed by atoms with van der Waals surface area (Å²) in [6.07, 6.45) is 2.47. The minimum Gasteiger partial charge on any atom is -0.262 e. The van der Waals surface area contributed by atoms with Crippen molar-refractivity contribution in [3.63, 3.8) is 0 Å². The zero-order chi connectivity index (χ0) is 15.6. The number of nitrogens with one attached hydrogen (secondary N) is 1. The molecule has 1 fully saturated rings. The highest BCUT2D eigenvalue weighted by Gasteiger charge is 2.28. The molecule has 3 nitrogen and oxygen atoms in total. The fourth-order valence-corrected chi connectivity index (χ4v) is 3.92. The zero-order valence-electron chi connectivity index (χ0n) is 13.1. The number of hydrogen-bond donors (Lipinski definition) is 1. The normalized spacial score (nSPS) is 15.5. The molecule has 0 saturated heterocycles. The molecule has 116 valence electrons. The van der Waals surface area contributed by atoms with Crippen molar-refractivity contribution in [1.29, 1.82) is 0 Å². The van der Waals surface area contributed by atoms with Gasteiger partial charge in [0.05, 0.1) is 5.25 Å². The van der Waals surface area contributed by atoms with Crippen LogP contribution < -0.4 is 0 Å².